The minimum atomic E-state index is -0.454. The zero-order chi connectivity index (χ0) is 12.7. The van der Waals surface area contributed by atoms with Crippen molar-refractivity contribution < 1.29 is 24.1 Å². The van der Waals surface area contributed by atoms with Crippen molar-refractivity contribution in [3.8, 4) is 0 Å². The molecule has 0 spiro atoms. The van der Waals surface area contributed by atoms with Gasteiger partial charge < -0.3 is 4.74 Å². The first-order valence-corrected chi connectivity index (χ1v) is 6.20. The summed E-state index contributed by atoms with van der Waals surface area (Å²) in [6, 6.07) is 0. The van der Waals surface area contributed by atoms with Gasteiger partial charge in [0.25, 0.3) is 0 Å². The van der Waals surface area contributed by atoms with Crippen LogP contribution in [0.25, 0.3) is 0 Å². The predicted octanol–water partition coefficient (Wildman–Crippen LogP) is 1.85. The zero-order valence-corrected chi connectivity index (χ0v) is 10.4. The lowest BCUT2D eigenvalue weighted by Crippen LogP contribution is -2.35. The summed E-state index contributed by atoms with van der Waals surface area (Å²) in [5, 5.41) is 0. The maximum Gasteiger partial charge on any atom is 0.346 e. The highest BCUT2D eigenvalue weighted by molar-refractivity contribution is 5.82. The molecule has 0 radical (unpaired) electrons. The normalized spacial score (nSPS) is 24.1. The Kier molecular flexibility index (Phi) is 5.97. The fourth-order valence-corrected chi connectivity index (χ4v) is 2.12. The van der Waals surface area contributed by atoms with E-state index in [1.54, 1.807) is 13.8 Å². The summed E-state index contributed by atoms with van der Waals surface area (Å²) >= 11 is 0. The molecule has 2 unspecified atom stereocenters. The molecule has 1 saturated carbocycles. The lowest BCUT2D eigenvalue weighted by atomic mass is 9.79. The molecule has 5 nitrogen and oxygen atoms in total. The van der Waals surface area contributed by atoms with Crippen LogP contribution in [0.5, 0.6) is 0 Å². The second-order valence-corrected chi connectivity index (χ2v) is 4.06. The summed E-state index contributed by atoms with van der Waals surface area (Å²) < 4.78 is 4.98. The molecule has 1 aliphatic rings. The van der Waals surface area contributed by atoms with Crippen LogP contribution in [0.2, 0.25) is 0 Å². The molecular formula is C12H20O5. The van der Waals surface area contributed by atoms with Gasteiger partial charge >= 0.3 is 11.9 Å². The monoisotopic (exact) mass is 244 g/mol. The van der Waals surface area contributed by atoms with Gasteiger partial charge in [-0.25, -0.2) is 4.79 Å². The van der Waals surface area contributed by atoms with Crippen LogP contribution in [0.15, 0.2) is 0 Å². The quantitative estimate of drug-likeness (QED) is 0.419. The Bertz CT molecular complexity index is 264. The Morgan fingerprint density at radius 3 is 2.12 bits per heavy atom. The molecule has 0 aliphatic heterocycles. The van der Waals surface area contributed by atoms with E-state index in [1.165, 1.54) is 0 Å². The van der Waals surface area contributed by atoms with Crippen molar-refractivity contribution in [3.63, 3.8) is 0 Å². The number of rotatable bonds is 5. The van der Waals surface area contributed by atoms with Crippen molar-refractivity contribution in [1.29, 1.82) is 0 Å². The molecule has 2 atom stereocenters. The summed E-state index contributed by atoms with van der Waals surface area (Å²) in [5.74, 6) is -1.55. The van der Waals surface area contributed by atoms with Gasteiger partial charge in [0.1, 0.15) is 0 Å². The third kappa shape index (κ3) is 4.00. The summed E-state index contributed by atoms with van der Waals surface area (Å²) in [6.45, 7) is 4.14. The Labute approximate surface area is 101 Å². The van der Waals surface area contributed by atoms with Gasteiger partial charge in [0.05, 0.1) is 25.0 Å². The molecule has 0 bridgehead atoms. The van der Waals surface area contributed by atoms with Gasteiger partial charge in [-0.05, 0) is 26.7 Å². The topological polar surface area (TPSA) is 61.8 Å². The molecule has 17 heavy (non-hydrogen) atoms. The molecule has 0 aromatic carbocycles. The lowest BCUT2D eigenvalue weighted by molar-refractivity contribution is -0.275. The number of esters is 1. The summed E-state index contributed by atoms with van der Waals surface area (Å²) in [6.07, 6.45) is 3.23. The second-order valence-electron chi connectivity index (χ2n) is 4.06. The highest BCUT2D eigenvalue weighted by Gasteiger charge is 2.38. The molecule has 0 N–H and O–H groups in total. The maximum atomic E-state index is 11.7. The van der Waals surface area contributed by atoms with Crippen LogP contribution in [0, 0.1) is 11.8 Å². The standard InChI is InChI=1S/C12H20O5/c1-3-15-11(13)9-7-5-6-8-10(9)12(14)17-16-4-2/h9-10H,3-8H2,1-2H3. The number of hydrogen-bond acceptors (Lipinski definition) is 5. The predicted molar refractivity (Wildman–Crippen MR) is 59.8 cm³/mol. The minimum Gasteiger partial charge on any atom is -0.466 e. The third-order valence-electron chi connectivity index (χ3n) is 2.92. The Morgan fingerprint density at radius 2 is 1.59 bits per heavy atom. The molecule has 1 rings (SSSR count). The molecule has 1 aliphatic carbocycles. The van der Waals surface area contributed by atoms with Crippen molar-refractivity contribution in [2.24, 2.45) is 11.8 Å². The minimum absolute atomic E-state index is 0.300. The van der Waals surface area contributed by atoms with E-state index in [-0.39, 0.29) is 11.9 Å². The smallest absolute Gasteiger partial charge is 0.346 e. The third-order valence-corrected chi connectivity index (χ3v) is 2.92. The molecule has 98 valence electrons. The zero-order valence-electron chi connectivity index (χ0n) is 10.4. The molecule has 0 aromatic rings. The average molecular weight is 244 g/mol. The largest absolute Gasteiger partial charge is 0.466 e. The average Bonchev–Trinajstić information content (AvgIpc) is 2.36. The number of carbonyl (C=O) groups excluding carboxylic acids is 2. The van der Waals surface area contributed by atoms with Crippen LogP contribution in [-0.4, -0.2) is 25.2 Å². The second kappa shape index (κ2) is 7.27. The van der Waals surface area contributed by atoms with Gasteiger partial charge in [-0.1, -0.05) is 12.8 Å². The first kappa shape index (κ1) is 14.0. The van der Waals surface area contributed by atoms with Crippen molar-refractivity contribution >= 4 is 11.9 Å². The van der Waals surface area contributed by atoms with Crippen LogP contribution in [0.4, 0.5) is 0 Å². The Balaban J connectivity index is 2.58. The van der Waals surface area contributed by atoms with E-state index in [0.29, 0.717) is 26.1 Å². The van der Waals surface area contributed by atoms with Crippen molar-refractivity contribution in [2.75, 3.05) is 13.2 Å². The van der Waals surface area contributed by atoms with Crippen molar-refractivity contribution in [2.45, 2.75) is 39.5 Å². The number of hydrogen-bond donors (Lipinski definition) is 0. The maximum absolute atomic E-state index is 11.7. The van der Waals surface area contributed by atoms with Crippen LogP contribution >= 0.6 is 0 Å². The van der Waals surface area contributed by atoms with Gasteiger partial charge in [-0.2, -0.15) is 4.89 Å². The van der Waals surface area contributed by atoms with Crippen molar-refractivity contribution in [1.82, 2.24) is 0 Å². The van der Waals surface area contributed by atoms with Gasteiger partial charge in [0.15, 0.2) is 0 Å². The van der Waals surface area contributed by atoms with E-state index < -0.39 is 11.9 Å². The highest BCUT2D eigenvalue weighted by Crippen LogP contribution is 2.32. The number of ether oxygens (including phenoxy) is 1. The molecule has 0 amide bonds. The van der Waals surface area contributed by atoms with Crippen LogP contribution < -0.4 is 0 Å². The van der Waals surface area contributed by atoms with E-state index in [2.05, 4.69) is 9.78 Å². The molecule has 1 fully saturated rings. The first-order valence-electron chi connectivity index (χ1n) is 6.20. The fourth-order valence-electron chi connectivity index (χ4n) is 2.12. The molecule has 5 heteroatoms. The number of carbonyl (C=O) groups is 2. The van der Waals surface area contributed by atoms with Gasteiger partial charge in [0, 0.05) is 0 Å². The van der Waals surface area contributed by atoms with Crippen LogP contribution in [0.1, 0.15) is 39.5 Å². The van der Waals surface area contributed by atoms with Gasteiger partial charge in [-0.15, -0.1) is 0 Å². The van der Waals surface area contributed by atoms with Crippen molar-refractivity contribution in [3.05, 3.63) is 0 Å². The fraction of sp³-hybridized carbons (Fsp3) is 0.833. The van der Waals surface area contributed by atoms with Crippen LogP contribution in [-0.2, 0) is 24.1 Å². The van der Waals surface area contributed by atoms with E-state index in [4.69, 9.17) is 4.74 Å². The van der Waals surface area contributed by atoms with Crippen LogP contribution in [0.3, 0.4) is 0 Å². The van der Waals surface area contributed by atoms with Gasteiger partial charge in [-0.3, -0.25) is 9.68 Å². The Hall–Kier alpha value is -1.10. The van der Waals surface area contributed by atoms with E-state index in [9.17, 15) is 9.59 Å². The summed E-state index contributed by atoms with van der Waals surface area (Å²) in [7, 11) is 0. The molecule has 0 aromatic heterocycles. The highest BCUT2D eigenvalue weighted by atomic mass is 17.2. The van der Waals surface area contributed by atoms with Gasteiger partial charge in [0.2, 0.25) is 0 Å². The van der Waals surface area contributed by atoms with E-state index in [0.717, 1.165) is 12.8 Å². The summed E-state index contributed by atoms with van der Waals surface area (Å²) in [5.41, 5.74) is 0. The lowest BCUT2D eigenvalue weighted by Gasteiger charge is -2.27. The molecular weight excluding hydrogens is 224 g/mol. The van der Waals surface area contributed by atoms with E-state index >= 15 is 0 Å². The molecule has 0 heterocycles. The summed E-state index contributed by atoms with van der Waals surface area (Å²) in [4.78, 5) is 32.7. The first-order chi connectivity index (χ1) is 8.20. The molecule has 0 saturated heterocycles. The Morgan fingerprint density at radius 1 is 1.00 bits per heavy atom. The van der Waals surface area contributed by atoms with E-state index in [1.807, 2.05) is 0 Å². The SMILES string of the molecule is CCOOC(=O)C1CCCCC1C(=O)OCC.